The average Bonchev–Trinajstić information content (AvgIpc) is 3.19. The summed E-state index contributed by atoms with van der Waals surface area (Å²) in [5.74, 6) is 1.10. The van der Waals surface area contributed by atoms with Gasteiger partial charge in [-0.15, -0.1) is 0 Å². The second-order valence-electron chi connectivity index (χ2n) is 5.20. The van der Waals surface area contributed by atoms with Crippen LogP contribution in [0.2, 0.25) is 5.02 Å². The Labute approximate surface area is 110 Å². The third kappa shape index (κ3) is 2.43. The van der Waals surface area contributed by atoms with Crippen LogP contribution in [-0.2, 0) is 0 Å². The van der Waals surface area contributed by atoms with E-state index in [0.717, 1.165) is 11.8 Å². The number of nitrogens with one attached hydrogen (secondary N) is 1. The quantitative estimate of drug-likeness (QED) is 0.860. The van der Waals surface area contributed by atoms with Gasteiger partial charge in [-0.2, -0.15) is 0 Å². The molecule has 0 atom stereocenters. The first-order valence-corrected chi connectivity index (χ1v) is 6.68. The van der Waals surface area contributed by atoms with E-state index in [-0.39, 0.29) is 5.56 Å². The highest BCUT2D eigenvalue weighted by Gasteiger charge is 2.41. The first-order chi connectivity index (χ1) is 8.65. The zero-order valence-corrected chi connectivity index (χ0v) is 10.7. The van der Waals surface area contributed by atoms with Crippen LogP contribution in [0.1, 0.15) is 36.0 Å². The molecular weight excluding hydrogens is 252 g/mol. The highest BCUT2D eigenvalue weighted by Crippen LogP contribution is 2.46. The molecule has 3 rings (SSSR count). The molecule has 0 aromatic carbocycles. The number of aromatic nitrogens is 1. The number of carbonyl (C=O) groups is 1. The Hall–Kier alpha value is -1.29. The van der Waals surface area contributed by atoms with Crippen LogP contribution >= 0.6 is 11.6 Å². The maximum atomic E-state index is 10.8. The normalized spacial score (nSPS) is 19.0. The van der Waals surface area contributed by atoms with E-state index in [0.29, 0.717) is 16.9 Å². The SMILES string of the molecule is O=C(O)c1cnc(NC(C2CC2)C2CC2)c(Cl)c1. The van der Waals surface area contributed by atoms with Crippen molar-refractivity contribution in [3.63, 3.8) is 0 Å². The molecule has 4 nitrogen and oxygen atoms in total. The number of carboxylic acid groups (broad SMARTS) is 1. The number of hydrogen-bond donors (Lipinski definition) is 2. The molecule has 0 bridgehead atoms. The second kappa shape index (κ2) is 4.43. The van der Waals surface area contributed by atoms with Crippen molar-refractivity contribution in [3.05, 3.63) is 22.8 Å². The van der Waals surface area contributed by atoms with Gasteiger partial charge in [-0.1, -0.05) is 11.6 Å². The van der Waals surface area contributed by atoms with Crippen LogP contribution in [0.5, 0.6) is 0 Å². The van der Waals surface area contributed by atoms with Crippen molar-refractivity contribution < 1.29 is 9.90 Å². The standard InChI is InChI=1S/C13H15ClN2O2/c14-10-5-9(13(17)18)6-15-12(10)16-11(7-1-2-7)8-3-4-8/h5-8,11H,1-4H2,(H,15,16)(H,17,18). The van der Waals surface area contributed by atoms with Crippen LogP contribution in [-0.4, -0.2) is 22.1 Å². The van der Waals surface area contributed by atoms with E-state index in [4.69, 9.17) is 16.7 Å². The summed E-state index contributed by atoms with van der Waals surface area (Å²) >= 11 is 6.08. The molecular formula is C13H15ClN2O2. The summed E-state index contributed by atoms with van der Waals surface area (Å²) in [4.78, 5) is 14.9. The zero-order valence-electron chi connectivity index (χ0n) is 9.90. The Morgan fingerprint density at radius 3 is 2.44 bits per heavy atom. The number of aromatic carboxylic acids is 1. The lowest BCUT2D eigenvalue weighted by Crippen LogP contribution is -2.25. The molecule has 2 fully saturated rings. The van der Waals surface area contributed by atoms with E-state index in [1.165, 1.54) is 37.9 Å². The maximum absolute atomic E-state index is 10.8. The molecule has 2 aliphatic rings. The van der Waals surface area contributed by atoms with Gasteiger partial charge in [0.1, 0.15) is 5.82 Å². The molecule has 0 aliphatic heterocycles. The van der Waals surface area contributed by atoms with Crippen LogP contribution in [0, 0.1) is 11.8 Å². The van der Waals surface area contributed by atoms with Crippen LogP contribution in [0.15, 0.2) is 12.3 Å². The number of halogens is 1. The van der Waals surface area contributed by atoms with Crippen molar-refractivity contribution >= 4 is 23.4 Å². The van der Waals surface area contributed by atoms with E-state index in [1.54, 1.807) is 0 Å². The molecule has 96 valence electrons. The van der Waals surface area contributed by atoms with Gasteiger partial charge < -0.3 is 10.4 Å². The summed E-state index contributed by atoms with van der Waals surface area (Å²) in [7, 11) is 0. The summed E-state index contributed by atoms with van der Waals surface area (Å²) in [5, 5.41) is 12.7. The monoisotopic (exact) mass is 266 g/mol. The fourth-order valence-electron chi connectivity index (χ4n) is 2.35. The Kier molecular flexibility index (Phi) is 2.90. The Morgan fingerprint density at radius 1 is 1.39 bits per heavy atom. The molecule has 1 heterocycles. The van der Waals surface area contributed by atoms with Gasteiger partial charge in [0.25, 0.3) is 0 Å². The van der Waals surface area contributed by atoms with Crippen molar-refractivity contribution in [2.45, 2.75) is 31.7 Å². The number of pyridine rings is 1. The summed E-state index contributed by atoms with van der Waals surface area (Å²) in [6, 6.07) is 1.92. The lowest BCUT2D eigenvalue weighted by Gasteiger charge is -2.19. The number of nitrogens with zero attached hydrogens (tertiary/aromatic N) is 1. The average molecular weight is 267 g/mol. The first-order valence-electron chi connectivity index (χ1n) is 6.30. The maximum Gasteiger partial charge on any atom is 0.337 e. The molecule has 18 heavy (non-hydrogen) atoms. The zero-order chi connectivity index (χ0) is 12.7. The largest absolute Gasteiger partial charge is 0.478 e. The molecule has 1 aromatic heterocycles. The number of hydrogen-bond acceptors (Lipinski definition) is 3. The first kappa shape index (κ1) is 11.8. The molecule has 2 saturated carbocycles. The third-order valence-electron chi connectivity index (χ3n) is 3.65. The van der Waals surface area contributed by atoms with Crippen molar-refractivity contribution in [3.8, 4) is 0 Å². The van der Waals surface area contributed by atoms with Crippen molar-refractivity contribution in [1.29, 1.82) is 0 Å². The topological polar surface area (TPSA) is 62.2 Å². The van der Waals surface area contributed by atoms with E-state index in [1.807, 2.05) is 0 Å². The van der Waals surface area contributed by atoms with Gasteiger partial charge in [0, 0.05) is 12.2 Å². The van der Waals surface area contributed by atoms with Gasteiger partial charge in [0.05, 0.1) is 10.6 Å². The van der Waals surface area contributed by atoms with Crippen LogP contribution in [0.25, 0.3) is 0 Å². The highest BCUT2D eigenvalue weighted by atomic mass is 35.5. The van der Waals surface area contributed by atoms with Gasteiger partial charge in [-0.3, -0.25) is 0 Å². The highest BCUT2D eigenvalue weighted by molar-refractivity contribution is 6.33. The Morgan fingerprint density at radius 2 is 2.00 bits per heavy atom. The van der Waals surface area contributed by atoms with Gasteiger partial charge in [0.15, 0.2) is 0 Å². The molecule has 5 heteroatoms. The predicted octanol–water partition coefficient (Wildman–Crippen LogP) is 3.03. The van der Waals surface area contributed by atoms with E-state index in [9.17, 15) is 4.79 Å². The smallest absolute Gasteiger partial charge is 0.337 e. The summed E-state index contributed by atoms with van der Waals surface area (Å²) in [6.07, 6.45) is 6.46. The fourth-order valence-corrected chi connectivity index (χ4v) is 2.57. The van der Waals surface area contributed by atoms with Gasteiger partial charge in [0.2, 0.25) is 0 Å². The minimum absolute atomic E-state index is 0.125. The van der Waals surface area contributed by atoms with Crippen LogP contribution < -0.4 is 5.32 Å². The van der Waals surface area contributed by atoms with E-state index >= 15 is 0 Å². The summed E-state index contributed by atoms with van der Waals surface area (Å²) < 4.78 is 0. The summed E-state index contributed by atoms with van der Waals surface area (Å²) in [5.41, 5.74) is 0.125. The molecule has 0 spiro atoms. The van der Waals surface area contributed by atoms with Crippen LogP contribution in [0.3, 0.4) is 0 Å². The van der Waals surface area contributed by atoms with Gasteiger partial charge in [-0.25, -0.2) is 9.78 Å². The molecule has 0 radical (unpaired) electrons. The molecule has 1 aromatic rings. The lowest BCUT2D eigenvalue weighted by atomic mass is 10.1. The van der Waals surface area contributed by atoms with E-state index < -0.39 is 5.97 Å². The summed E-state index contributed by atoms with van der Waals surface area (Å²) in [6.45, 7) is 0. The van der Waals surface area contributed by atoms with E-state index in [2.05, 4.69) is 10.3 Å². The second-order valence-corrected chi connectivity index (χ2v) is 5.61. The molecule has 0 unspecified atom stereocenters. The number of carboxylic acids is 1. The number of anilines is 1. The predicted molar refractivity (Wildman–Crippen MR) is 69.1 cm³/mol. The molecule has 2 N–H and O–H groups in total. The van der Waals surface area contributed by atoms with Crippen molar-refractivity contribution in [1.82, 2.24) is 4.98 Å². The molecule has 0 saturated heterocycles. The lowest BCUT2D eigenvalue weighted by molar-refractivity contribution is 0.0696. The fraction of sp³-hybridized carbons (Fsp3) is 0.538. The molecule has 0 amide bonds. The third-order valence-corrected chi connectivity index (χ3v) is 3.94. The van der Waals surface area contributed by atoms with Crippen LogP contribution in [0.4, 0.5) is 5.82 Å². The molecule has 2 aliphatic carbocycles. The minimum atomic E-state index is -1.00. The van der Waals surface area contributed by atoms with Gasteiger partial charge in [-0.05, 0) is 43.6 Å². The van der Waals surface area contributed by atoms with Gasteiger partial charge >= 0.3 is 5.97 Å². The van der Waals surface area contributed by atoms with Crippen molar-refractivity contribution in [2.24, 2.45) is 11.8 Å². The van der Waals surface area contributed by atoms with Crippen molar-refractivity contribution in [2.75, 3.05) is 5.32 Å². The number of rotatable bonds is 5. The Balaban J connectivity index is 1.77. The minimum Gasteiger partial charge on any atom is -0.478 e. The Bertz CT molecular complexity index is 472.